The summed E-state index contributed by atoms with van der Waals surface area (Å²) in [6.45, 7) is 7.10. The number of benzene rings is 2. The summed E-state index contributed by atoms with van der Waals surface area (Å²) < 4.78 is 11.5. The van der Waals surface area contributed by atoms with Crippen molar-refractivity contribution in [2.24, 2.45) is 0 Å². The SMILES string of the molecule is Cc1ccc(NC(=O)CCC(=O)c2cc(C)ccc2C)c(OCC2CCCO2)c1. The van der Waals surface area contributed by atoms with E-state index in [9.17, 15) is 9.59 Å². The highest BCUT2D eigenvalue weighted by atomic mass is 16.5. The molecule has 0 saturated carbocycles. The zero-order chi connectivity index (χ0) is 20.8. The average Bonchev–Trinajstić information content (AvgIpc) is 3.21. The van der Waals surface area contributed by atoms with Crippen LogP contribution >= 0.6 is 0 Å². The van der Waals surface area contributed by atoms with Gasteiger partial charge in [0.05, 0.1) is 11.8 Å². The van der Waals surface area contributed by atoms with Crippen LogP contribution in [0.2, 0.25) is 0 Å². The summed E-state index contributed by atoms with van der Waals surface area (Å²) in [4.78, 5) is 25.0. The first-order chi connectivity index (χ1) is 13.9. The van der Waals surface area contributed by atoms with Crippen molar-refractivity contribution in [2.75, 3.05) is 18.5 Å². The molecule has 1 unspecified atom stereocenters. The van der Waals surface area contributed by atoms with Crippen molar-refractivity contribution in [1.29, 1.82) is 0 Å². The lowest BCUT2D eigenvalue weighted by Gasteiger charge is -2.16. The Hall–Kier alpha value is -2.66. The third kappa shape index (κ3) is 5.91. The van der Waals surface area contributed by atoms with Gasteiger partial charge < -0.3 is 14.8 Å². The summed E-state index contributed by atoms with van der Waals surface area (Å²) >= 11 is 0. The van der Waals surface area contributed by atoms with Gasteiger partial charge in [-0.15, -0.1) is 0 Å². The third-order valence-electron chi connectivity index (χ3n) is 5.13. The monoisotopic (exact) mass is 395 g/mol. The molecule has 0 bridgehead atoms. The van der Waals surface area contributed by atoms with Crippen LogP contribution in [0, 0.1) is 20.8 Å². The minimum atomic E-state index is -0.200. The Kier molecular flexibility index (Phi) is 7.04. The molecule has 5 nitrogen and oxygen atoms in total. The van der Waals surface area contributed by atoms with Crippen molar-refractivity contribution in [2.45, 2.75) is 52.6 Å². The molecule has 0 aliphatic carbocycles. The van der Waals surface area contributed by atoms with E-state index in [0.29, 0.717) is 23.6 Å². The molecular formula is C24H29NO4. The zero-order valence-corrected chi connectivity index (χ0v) is 17.4. The summed E-state index contributed by atoms with van der Waals surface area (Å²) in [5.74, 6) is 0.421. The molecule has 1 amide bonds. The number of rotatable bonds is 8. The van der Waals surface area contributed by atoms with Crippen LogP contribution in [0.3, 0.4) is 0 Å². The Bertz CT molecular complexity index is 884. The Labute approximate surface area is 172 Å². The Morgan fingerprint density at radius 2 is 1.83 bits per heavy atom. The first kappa shape index (κ1) is 21.1. The maximum atomic E-state index is 12.5. The Balaban J connectivity index is 1.58. The van der Waals surface area contributed by atoms with Crippen molar-refractivity contribution in [1.82, 2.24) is 0 Å². The number of hydrogen-bond acceptors (Lipinski definition) is 4. The molecule has 0 aromatic heterocycles. The Morgan fingerprint density at radius 3 is 2.59 bits per heavy atom. The highest BCUT2D eigenvalue weighted by molar-refractivity contribution is 6.01. The lowest BCUT2D eigenvalue weighted by atomic mass is 9.99. The van der Waals surface area contributed by atoms with Gasteiger partial charge in [-0.2, -0.15) is 0 Å². The molecule has 0 radical (unpaired) electrons. The molecular weight excluding hydrogens is 366 g/mol. The molecule has 1 heterocycles. The molecule has 154 valence electrons. The lowest BCUT2D eigenvalue weighted by Crippen LogP contribution is -2.18. The van der Waals surface area contributed by atoms with Gasteiger partial charge >= 0.3 is 0 Å². The third-order valence-corrected chi connectivity index (χ3v) is 5.13. The van der Waals surface area contributed by atoms with Crippen molar-refractivity contribution < 1.29 is 19.1 Å². The number of nitrogens with one attached hydrogen (secondary N) is 1. The van der Waals surface area contributed by atoms with Crippen molar-refractivity contribution in [3.05, 3.63) is 58.7 Å². The maximum Gasteiger partial charge on any atom is 0.224 e. The molecule has 1 atom stereocenters. The summed E-state index contributed by atoms with van der Waals surface area (Å²) in [7, 11) is 0. The van der Waals surface area contributed by atoms with E-state index in [1.54, 1.807) is 0 Å². The molecule has 1 aliphatic rings. The number of ketones is 1. The highest BCUT2D eigenvalue weighted by Crippen LogP contribution is 2.27. The topological polar surface area (TPSA) is 64.6 Å². The van der Waals surface area contributed by atoms with E-state index in [4.69, 9.17) is 9.47 Å². The molecule has 3 rings (SSSR count). The van der Waals surface area contributed by atoms with E-state index in [0.717, 1.165) is 36.1 Å². The van der Waals surface area contributed by atoms with Gasteiger partial charge in [0.1, 0.15) is 12.4 Å². The molecule has 1 N–H and O–H groups in total. The van der Waals surface area contributed by atoms with Crippen LogP contribution in [-0.4, -0.2) is 31.0 Å². The molecule has 1 saturated heterocycles. The molecule has 2 aromatic rings. The van der Waals surface area contributed by atoms with Crippen molar-refractivity contribution in [3.63, 3.8) is 0 Å². The Morgan fingerprint density at radius 1 is 1.07 bits per heavy atom. The van der Waals surface area contributed by atoms with Crippen LogP contribution in [0.5, 0.6) is 5.75 Å². The number of carbonyl (C=O) groups excluding carboxylic acids is 2. The number of carbonyl (C=O) groups is 2. The minimum absolute atomic E-state index is 0.0138. The predicted molar refractivity (Wildman–Crippen MR) is 114 cm³/mol. The van der Waals surface area contributed by atoms with Crippen LogP contribution in [0.25, 0.3) is 0 Å². The van der Waals surface area contributed by atoms with Gasteiger partial charge in [0.15, 0.2) is 5.78 Å². The number of hydrogen-bond donors (Lipinski definition) is 1. The zero-order valence-electron chi connectivity index (χ0n) is 17.4. The normalized spacial score (nSPS) is 15.9. The molecule has 5 heteroatoms. The number of aryl methyl sites for hydroxylation is 3. The van der Waals surface area contributed by atoms with Gasteiger partial charge in [-0.05, 0) is 62.9 Å². The smallest absolute Gasteiger partial charge is 0.224 e. The van der Waals surface area contributed by atoms with Gasteiger partial charge in [0, 0.05) is 25.0 Å². The van der Waals surface area contributed by atoms with E-state index in [1.165, 1.54) is 0 Å². The van der Waals surface area contributed by atoms with Crippen LogP contribution in [0.4, 0.5) is 5.69 Å². The van der Waals surface area contributed by atoms with Crippen LogP contribution < -0.4 is 10.1 Å². The maximum absolute atomic E-state index is 12.5. The fourth-order valence-corrected chi connectivity index (χ4v) is 3.42. The second kappa shape index (κ2) is 9.70. The molecule has 1 aliphatic heterocycles. The highest BCUT2D eigenvalue weighted by Gasteiger charge is 2.18. The number of amides is 1. The number of Topliss-reactive ketones (excluding diaryl/α,β-unsaturated/α-hetero) is 1. The quantitative estimate of drug-likeness (QED) is 0.654. The van der Waals surface area contributed by atoms with Crippen LogP contribution in [-0.2, 0) is 9.53 Å². The summed E-state index contributed by atoms with van der Waals surface area (Å²) in [6.07, 6.45) is 2.46. The van der Waals surface area contributed by atoms with Gasteiger partial charge in [-0.3, -0.25) is 9.59 Å². The van der Waals surface area contributed by atoms with Crippen LogP contribution in [0.15, 0.2) is 36.4 Å². The molecule has 1 fully saturated rings. The average molecular weight is 395 g/mol. The second-order valence-electron chi connectivity index (χ2n) is 7.74. The van der Waals surface area contributed by atoms with Crippen molar-refractivity contribution >= 4 is 17.4 Å². The predicted octanol–water partition coefficient (Wildman–Crippen LogP) is 4.77. The van der Waals surface area contributed by atoms with E-state index in [2.05, 4.69) is 5.32 Å². The van der Waals surface area contributed by atoms with E-state index in [1.807, 2.05) is 57.2 Å². The van der Waals surface area contributed by atoms with E-state index < -0.39 is 0 Å². The minimum Gasteiger partial charge on any atom is -0.489 e. The molecule has 2 aromatic carbocycles. The fraction of sp³-hybridized carbons (Fsp3) is 0.417. The van der Waals surface area contributed by atoms with Gasteiger partial charge in [0.2, 0.25) is 5.91 Å². The first-order valence-corrected chi connectivity index (χ1v) is 10.2. The molecule has 29 heavy (non-hydrogen) atoms. The second-order valence-corrected chi connectivity index (χ2v) is 7.74. The van der Waals surface area contributed by atoms with Gasteiger partial charge in [0.25, 0.3) is 0 Å². The van der Waals surface area contributed by atoms with Gasteiger partial charge in [-0.1, -0.05) is 23.8 Å². The van der Waals surface area contributed by atoms with E-state index >= 15 is 0 Å². The standard InChI is InChI=1S/C24H29NO4/c1-16-6-8-18(3)20(13-16)22(26)10-11-24(27)25-21-9-7-17(2)14-23(21)29-15-19-5-4-12-28-19/h6-9,13-14,19H,4-5,10-12,15H2,1-3H3,(H,25,27). The lowest BCUT2D eigenvalue weighted by molar-refractivity contribution is -0.116. The van der Waals surface area contributed by atoms with E-state index in [-0.39, 0.29) is 30.6 Å². The summed E-state index contributed by atoms with van der Waals surface area (Å²) in [5.41, 5.74) is 4.34. The van der Waals surface area contributed by atoms with Crippen LogP contribution in [0.1, 0.15) is 52.7 Å². The number of anilines is 1. The summed E-state index contributed by atoms with van der Waals surface area (Å²) in [5, 5.41) is 2.89. The van der Waals surface area contributed by atoms with Gasteiger partial charge in [-0.25, -0.2) is 0 Å². The fourth-order valence-electron chi connectivity index (χ4n) is 3.42. The largest absolute Gasteiger partial charge is 0.489 e. The summed E-state index contributed by atoms with van der Waals surface area (Å²) in [6, 6.07) is 11.5. The number of ether oxygens (including phenoxy) is 2. The first-order valence-electron chi connectivity index (χ1n) is 10.2. The van der Waals surface area contributed by atoms with Crippen molar-refractivity contribution in [3.8, 4) is 5.75 Å². The molecule has 0 spiro atoms.